The van der Waals surface area contributed by atoms with Gasteiger partial charge in [0.05, 0.1) is 12.2 Å². The van der Waals surface area contributed by atoms with Gasteiger partial charge in [0.2, 0.25) is 0 Å². The minimum Gasteiger partial charge on any atom is -0.332 e. The zero-order chi connectivity index (χ0) is 19.5. The molecule has 148 valence electrons. The minimum atomic E-state index is -0.215. The van der Waals surface area contributed by atoms with Gasteiger partial charge >= 0.3 is 0 Å². The molecule has 4 aliphatic rings. The number of nitrogens with zero attached hydrogens (tertiary/aromatic N) is 4. The average molecular weight is 390 g/mol. The van der Waals surface area contributed by atoms with E-state index in [1.54, 1.807) is 6.20 Å². The van der Waals surface area contributed by atoms with Gasteiger partial charge in [-0.25, -0.2) is 9.37 Å². The third kappa shape index (κ3) is 2.55. The number of likely N-dealkylation sites (tertiary alicyclic amines) is 1. The Labute approximate surface area is 168 Å². The number of rotatable bonds is 2. The van der Waals surface area contributed by atoms with Gasteiger partial charge in [0, 0.05) is 24.7 Å². The fourth-order valence-electron chi connectivity index (χ4n) is 5.90. The van der Waals surface area contributed by atoms with Gasteiger partial charge in [-0.2, -0.15) is 0 Å². The van der Waals surface area contributed by atoms with Crippen molar-refractivity contribution in [2.75, 3.05) is 19.6 Å². The molecule has 0 radical (unpaired) electrons. The van der Waals surface area contributed by atoms with Gasteiger partial charge in [-0.3, -0.25) is 14.1 Å². The largest absolute Gasteiger partial charge is 0.332 e. The van der Waals surface area contributed by atoms with Crippen LogP contribution in [-0.4, -0.2) is 56.8 Å². The predicted molar refractivity (Wildman–Crippen MR) is 107 cm³/mol. The number of piperidine rings is 3. The molecule has 2 aromatic heterocycles. The van der Waals surface area contributed by atoms with Crippen molar-refractivity contribution in [2.24, 2.45) is 5.92 Å². The van der Waals surface area contributed by atoms with Crippen molar-refractivity contribution >= 4 is 11.6 Å². The highest BCUT2D eigenvalue weighted by atomic mass is 19.1. The lowest BCUT2D eigenvalue weighted by Gasteiger charge is -2.51. The highest BCUT2D eigenvalue weighted by Gasteiger charge is 2.54. The number of hydrogen-bond donors (Lipinski definition) is 0. The topological polar surface area (TPSA) is 40.9 Å². The standard InChI is InChI=1S/C23H23FN4O/c24-17-6-4-15(5-7-17)18-14-28(21-16-8-11-26(12-9-16)22(18)21)23(29)19-13-25-20-3-1-2-10-27(19)20/h1-7,10,13,16,18,21-22H,8-9,11-12,14H2/t18-,21+,22+/m0/s1. The van der Waals surface area contributed by atoms with Crippen molar-refractivity contribution in [2.45, 2.75) is 30.8 Å². The third-order valence-electron chi connectivity index (χ3n) is 7.19. The Balaban J connectivity index is 1.41. The van der Waals surface area contributed by atoms with Crippen molar-refractivity contribution < 1.29 is 9.18 Å². The van der Waals surface area contributed by atoms with E-state index < -0.39 is 0 Å². The summed E-state index contributed by atoms with van der Waals surface area (Å²) in [5.41, 5.74) is 2.54. The number of benzene rings is 1. The molecule has 0 saturated carbocycles. The number of imidazole rings is 1. The molecule has 1 aromatic carbocycles. The SMILES string of the molecule is O=C(c1cnc2ccccn12)N1C[C@@H](c2ccc(F)cc2)[C@@H]2[C@H]1C1CCN2CC1. The monoisotopic (exact) mass is 390 g/mol. The van der Waals surface area contributed by atoms with Gasteiger partial charge < -0.3 is 4.90 Å². The summed E-state index contributed by atoms with van der Waals surface area (Å²) < 4.78 is 15.4. The number of carbonyl (C=O) groups is 1. The molecule has 3 aromatic rings. The lowest BCUT2D eigenvalue weighted by Crippen LogP contribution is -2.60. The fourth-order valence-corrected chi connectivity index (χ4v) is 5.90. The number of halogens is 1. The molecule has 1 amide bonds. The van der Waals surface area contributed by atoms with E-state index in [2.05, 4.69) is 14.8 Å². The lowest BCUT2D eigenvalue weighted by atomic mass is 9.75. The fraction of sp³-hybridized carbons (Fsp3) is 0.391. The molecule has 6 heterocycles. The van der Waals surface area contributed by atoms with Crippen LogP contribution in [0.15, 0.2) is 54.9 Å². The van der Waals surface area contributed by atoms with Crippen LogP contribution in [0.2, 0.25) is 0 Å². The van der Waals surface area contributed by atoms with Crippen LogP contribution in [0.4, 0.5) is 4.39 Å². The molecule has 0 aliphatic carbocycles. The first-order valence-corrected chi connectivity index (χ1v) is 10.4. The van der Waals surface area contributed by atoms with Crippen molar-refractivity contribution in [3.8, 4) is 0 Å². The molecule has 0 N–H and O–H groups in total. The maximum atomic E-state index is 13.7. The highest BCUT2D eigenvalue weighted by molar-refractivity contribution is 5.94. The van der Waals surface area contributed by atoms with Crippen LogP contribution < -0.4 is 0 Å². The van der Waals surface area contributed by atoms with Gasteiger partial charge in [0.1, 0.15) is 17.2 Å². The summed E-state index contributed by atoms with van der Waals surface area (Å²) in [7, 11) is 0. The molecule has 7 rings (SSSR count). The van der Waals surface area contributed by atoms with Gasteiger partial charge in [0.25, 0.3) is 5.91 Å². The van der Waals surface area contributed by atoms with Crippen LogP contribution in [0, 0.1) is 11.7 Å². The molecule has 4 aliphatic heterocycles. The van der Waals surface area contributed by atoms with Crippen LogP contribution >= 0.6 is 0 Å². The Morgan fingerprint density at radius 1 is 1.03 bits per heavy atom. The molecule has 3 atom stereocenters. The van der Waals surface area contributed by atoms with Gasteiger partial charge in [-0.1, -0.05) is 18.2 Å². The van der Waals surface area contributed by atoms with Crippen molar-refractivity contribution in [1.82, 2.24) is 19.2 Å². The maximum absolute atomic E-state index is 13.7. The van der Waals surface area contributed by atoms with E-state index in [-0.39, 0.29) is 23.7 Å². The summed E-state index contributed by atoms with van der Waals surface area (Å²) in [5.74, 6) is 0.593. The molecular weight excluding hydrogens is 367 g/mol. The van der Waals surface area contributed by atoms with E-state index >= 15 is 0 Å². The van der Waals surface area contributed by atoms with Gasteiger partial charge in [-0.15, -0.1) is 0 Å². The third-order valence-corrected chi connectivity index (χ3v) is 7.19. The number of hydrogen-bond acceptors (Lipinski definition) is 3. The second-order valence-electron chi connectivity index (χ2n) is 8.54. The normalized spacial score (nSPS) is 30.7. The molecule has 0 spiro atoms. The first-order valence-electron chi connectivity index (χ1n) is 10.4. The molecule has 5 nitrogen and oxygen atoms in total. The van der Waals surface area contributed by atoms with Crippen LogP contribution in [-0.2, 0) is 0 Å². The summed E-state index contributed by atoms with van der Waals surface area (Å²) in [6.07, 6.45) is 5.89. The Kier molecular flexibility index (Phi) is 3.78. The summed E-state index contributed by atoms with van der Waals surface area (Å²) in [6.45, 7) is 2.87. The van der Waals surface area contributed by atoms with E-state index in [9.17, 15) is 9.18 Å². The summed E-state index contributed by atoms with van der Waals surface area (Å²) in [5, 5.41) is 0. The smallest absolute Gasteiger partial charge is 0.272 e. The second kappa shape index (κ2) is 6.39. The predicted octanol–water partition coefficient (Wildman–Crippen LogP) is 3.18. The molecule has 4 fully saturated rings. The molecular formula is C23H23FN4O. The van der Waals surface area contributed by atoms with Crippen LogP contribution in [0.3, 0.4) is 0 Å². The van der Waals surface area contributed by atoms with E-state index in [0.29, 0.717) is 24.2 Å². The number of amides is 1. The molecule has 6 heteroatoms. The van der Waals surface area contributed by atoms with Crippen LogP contribution in [0.1, 0.15) is 34.8 Å². The summed E-state index contributed by atoms with van der Waals surface area (Å²) >= 11 is 0. The summed E-state index contributed by atoms with van der Waals surface area (Å²) in [6, 6.07) is 13.2. The highest BCUT2D eigenvalue weighted by Crippen LogP contribution is 2.47. The number of carbonyl (C=O) groups excluding carboxylic acids is 1. The zero-order valence-corrected chi connectivity index (χ0v) is 16.1. The van der Waals surface area contributed by atoms with Crippen LogP contribution in [0.5, 0.6) is 0 Å². The first kappa shape index (κ1) is 17.2. The van der Waals surface area contributed by atoms with Crippen molar-refractivity contribution in [1.29, 1.82) is 0 Å². The molecule has 29 heavy (non-hydrogen) atoms. The van der Waals surface area contributed by atoms with Crippen molar-refractivity contribution in [3.05, 3.63) is 71.9 Å². The van der Waals surface area contributed by atoms with E-state index in [4.69, 9.17) is 0 Å². The molecule has 0 unspecified atom stereocenters. The van der Waals surface area contributed by atoms with Gasteiger partial charge in [-0.05, 0) is 61.7 Å². The zero-order valence-electron chi connectivity index (χ0n) is 16.1. The quantitative estimate of drug-likeness (QED) is 0.675. The Bertz CT molecular complexity index is 1070. The van der Waals surface area contributed by atoms with E-state index in [1.807, 2.05) is 40.9 Å². The van der Waals surface area contributed by atoms with E-state index in [0.717, 1.165) is 37.1 Å². The number of fused-ring (bicyclic) bond motifs is 3. The number of aromatic nitrogens is 2. The van der Waals surface area contributed by atoms with E-state index in [1.165, 1.54) is 12.1 Å². The molecule has 4 saturated heterocycles. The minimum absolute atomic E-state index is 0.0528. The lowest BCUT2D eigenvalue weighted by molar-refractivity contribution is -0.00361. The van der Waals surface area contributed by atoms with Crippen molar-refractivity contribution in [3.63, 3.8) is 0 Å². The Morgan fingerprint density at radius 3 is 2.62 bits per heavy atom. The Morgan fingerprint density at radius 2 is 1.83 bits per heavy atom. The molecule has 2 bridgehead atoms. The summed E-state index contributed by atoms with van der Waals surface area (Å²) in [4.78, 5) is 22.7. The Hall–Kier alpha value is -2.73. The average Bonchev–Trinajstić information content (AvgIpc) is 3.38. The number of pyridine rings is 1. The van der Waals surface area contributed by atoms with Crippen LogP contribution in [0.25, 0.3) is 5.65 Å². The first-order chi connectivity index (χ1) is 14.2. The van der Waals surface area contributed by atoms with Gasteiger partial charge in [0.15, 0.2) is 0 Å². The maximum Gasteiger partial charge on any atom is 0.272 e. The second-order valence-corrected chi connectivity index (χ2v) is 8.54.